The van der Waals surface area contributed by atoms with Crippen molar-refractivity contribution in [2.24, 2.45) is 5.73 Å². The van der Waals surface area contributed by atoms with E-state index in [-0.39, 0.29) is 6.04 Å². The maximum atomic E-state index is 5.83. The topological polar surface area (TPSA) is 64.9 Å². The van der Waals surface area contributed by atoms with Gasteiger partial charge in [0.25, 0.3) is 0 Å². The highest BCUT2D eigenvalue weighted by molar-refractivity contribution is 5.51. The van der Waals surface area contributed by atoms with Gasteiger partial charge in [-0.2, -0.15) is 0 Å². The van der Waals surface area contributed by atoms with Crippen LogP contribution >= 0.6 is 0 Å². The van der Waals surface area contributed by atoms with Crippen LogP contribution in [0.15, 0.2) is 34.7 Å². The van der Waals surface area contributed by atoms with Gasteiger partial charge in [-0.25, -0.2) is 0 Å². The van der Waals surface area contributed by atoms with Crippen molar-refractivity contribution < 1.29 is 4.42 Å². The molecule has 1 heterocycles. The Morgan fingerprint density at radius 2 is 2.00 bits per heavy atom. The zero-order chi connectivity index (χ0) is 11.4. The van der Waals surface area contributed by atoms with Gasteiger partial charge in [0.2, 0.25) is 11.8 Å². The molecule has 0 spiro atoms. The molecular weight excluding hydrogens is 202 g/mol. The summed E-state index contributed by atoms with van der Waals surface area (Å²) < 4.78 is 5.54. The van der Waals surface area contributed by atoms with Gasteiger partial charge >= 0.3 is 0 Å². The second-order valence-corrected chi connectivity index (χ2v) is 3.74. The molecule has 1 aromatic carbocycles. The van der Waals surface area contributed by atoms with Crippen LogP contribution in [0.3, 0.4) is 0 Å². The van der Waals surface area contributed by atoms with Crippen LogP contribution in [0.1, 0.15) is 19.2 Å². The summed E-state index contributed by atoms with van der Waals surface area (Å²) in [6, 6.07) is 9.81. The van der Waals surface area contributed by atoms with Gasteiger partial charge in [-0.1, -0.05) is 25.1 Å². The van der Waals surface area contributed by atoms with Gasteiger partial charge < -0.3 is 10.2 Å². The zero-order valence-electron chi connectivity index (χ0n) is 9.26. The van der Waals surface area contributed by atoms with E-state index < -0.39 is 0 Å². The average molecular weight is 217 g/mol. The van der Waals surface area contributed by atoms with Crippen molar-refractivity contribution in [1.82, 2.24) is 10.2 Å². The number of hydrogen-bond acceptors (Lipinski definition) is 4. The van der Waals surface area contributed by atoms with Crippen LogP contribution in [0.2, 0.25) is 0 Å². The lowest BCUT2D eigenvalue weighted by molar-refractivity contribution is 0.474. The SMILES string of the molecule is CC[C@H](N)Cc1nnc(-c2ccccc2)o1. The molecule has 0 amide bonds. The number of rotatable bonds is 4. The van der Waals surface area contributed by atoms with Gasteiger partial charge in [0.05, 0.1) is 0 Å². The molecule has 2 rings (SSSR count). The second-order valence-electron chi connectivity index (χ2n) is 3.74. The van der Waals surface area contributed by atoms with Crippen molar-refractivity contribution in [1.29, 1.82) is 0 Å². The molecular formula is C12H15N3O. The Balaban J connectivity index is 2.14. The van der Waals surface area contributed by atoms with Crippen molar-refractivity contribution in [2.75, 3.05) is 0 Å². The van der Waals surface area contributed by atoms with Crippen LogP contribution < -0.4 is 5.73 Å². The smallest absolute Gasteiger partial charge is 0.247 e. The van der Waals surface area contributed by atoms with Crippen LogP contribution in [0, 0.1) is 0 Å². The van der Waals surface area contributed by atoms with Crippen molar-refractivity contribution in [2.45, 2.75) is 25.8 Å². The van der Waals surface area contributed by atoms with Gasteiger partial charge in [0, 0.05) is 18.0 Å². The number of nitrogens with two attached hydrogens (primary N) is 1. The van der Waals surface area contributed by atoms with Crippen LogP contribution in [0.25, 0.3) is 11.5 Å². The first-order chi connectivity index (χ1) is 7.79. The van der Waals surface area contributed by atoms with Crippen LogP contribution in [0.4, 0.5) is 0 Å². The van der Waals surface area contributed by atoms with E-state index in [1.165, 1.54) is 0 Å². The maximum Gasteiger partial charge on any atom is 0.247 e. The normalized spacial score (nSPS) is 12.6. The van der Waals surface area contributed by atoms with Gasteiger partial charge in [-0.05, 0) is 18.6 Å². The first-order valence-electron chi connectivity index (χ1n) is 5.43. The lowest BCUT2D eigenvalue weighted by atomic mass is 10.2. The fourth-order valence-electron chi connectivity index (χ4n) is 1.40. The number of hydrogen-bond donors (Lipinski definition) is 1. The average Bonchev–Trinajstić information content (AvgIpc) is 2.78. The molecule has 0 unspecified atom stereocenters. The van der Waals surface area contributed by atoms with E-state index in [4.69, 9.17) is 10.2 Å². The summed E-state index contributed by atoms with van der Waals surface area (Å²) in [5.41, 5.74) is 6.76. The Labute approximate surface area is 94.5 Å². The Morgan fingerprint density at radius 1 is 1.25 bits per heavy atom. The summed E-state index contributed by atoms with van der Waals surface area (Å²) >= 11 is 0. The molecule has 0 radical (unpaired) electrons. The second kappa shape index (κ2) is 4.90. The van der Waals surface area contributed by atoms with Crippen molar-refractivity contribution >= 4 is 0 Å². The third-order valence-electron chi connectivity index (χ3n) is 2.45. The fourth-order valence-corrected chi connectivity index (χ4v) is 1.40. The molecule has 2 N–H and O–H groups in total. The highest BCUT2D eigenvalue weighted by Crippen LogP contribution is 2.17. The predicted octanol–water partition coefficient (Wildman–Crippen LogP) is 2.02. The van der Waals surface area contributed by atoms with Gasteiger partial charge in [0.1, 0.15) is 0 Å². The molecule has 1 aromatic heterocycles. The van der Waals surface area contributed by atoms with Crippen LogP contribution in [-0.4, -0.2) is 16.2 Å². The van der Waals surface area contributed by atoms with Crippen LogP contribution in [0.5, 0.6) is 0 Å². The minimum absolute atomic E-state index is 0.0871. The first-order valence-corrected chi connectivity index (χ1v) is 5.43. The molecule has 4 nitrogen and oxygen atoms in total. The Morgan fingerprint density at radius 3 is 2.69 bits per heavy atom. The third kappa shape index (κ3) is 2.46. The number of aromatic nitrogens is 2. The minimum atomic E-state index is 0.0871. The predicted molar refractivity (Wildman–Crippen MR) is 61.7 cm³/mol. The Kier molecular flexibility index (Phi) is 3.31. The largest absolute Gasteiger partial charge is 0.421 e. The molecule has 0 fully saturated rings. The van der Waals surface area contributed by atoms with E-state index in [0.29, 0.717) is 18.2 Å². The lowest BCUT2D eigenvalue weighted by Gasteiger charge is -2.02. The molecule has 0 saturated carbocycles. The van der Waals surface area contributed by atoms with Gasteiger partial charge in [0.15, 0.2) is 0 Å². The monoisotopic (exact) mass is 217 g/mol. The number of benzene rings is 1. The van der Waals surface area contributed by atoms with E-state index >= 15 is 0 Å². The summed E-state index contributed by atoms with van der Waals surface area (Å²) in [6.07, 6.45) is 1.54. The Hall–Kier alpha value is -1.68. The van der Waals surface area contributed by atoms with Crippen molar-refractivity contribution in [3.8, 4) is 11.5 Å². The highest BCUT2D eigenvalue weighted by atomic mass is 16.4. The molecule has 2 aromatic rings. The summed E-state index contributed by atoms with van der Waals surface area (Å²) in [5, 5.41) is 7.99. The standard InChI is InChI=1S/C12H15N3O/c1-2-10(13)8-11-14-15-12(16-11)9-6-4-3-5-7-9/h3-7,10H,2,8,13H2,1H3/t10-/m0/s1. The van der Waals surface area contributed by atoms with E-state index in [1.54, 1.807) is 0 Å². The highest BCUT2D eigenvalue weighted by Gasteiger charge is 2.10. The maximum absolute atomic E-state index is 5.83. The molecule has 0 aliphatic rings. The minimum Gasteiger partial charge on any atom is -0.421 e. The number of nitrogens with zero attached hydrogens (tertiary/aromatic N) is 2. The molecule has 0 bridgehead atoms. The van der Waals surface area contributed by atoms with Crippen molar-refractivity contribution in [3.63, 3.8) is 0 Å². The van der Waals surface area contributed by atoms with Crippen LogP contribution in [-0.2, 0) is 6.42 Å². The Bertz CT molecular complexity index is 439. The molecule has 0 saturated heterocycles. The summed E-state index contributed by atoms with van der Waals surface area (Å²) in [6.45, 7) is 2.04. The van der Waals surface area contributed by atoms with E-state index in [2.05, 4.69) is 10.2 Å². The molecule has 1 atom stereocenters. The zero-order valence-corrected chi connectivity index (χ0v) is 9.26. The van der Waals surface area contributed by atoms with Gasteiger partial charge in [-0.15, -0.1) is 10.2 Å². The molecule has 16 heavy (non-hydrogen) atoms. The van der Waals surface area contributed by atoms with E-state index in [9.17, 15) is 0 Å². The molecule has 0 aliphatic carbocycles. The molecule has 84 valence electrons. The summed E-state index contributed by atoms with van der Waals surface area (Å²) in [4.78, 5) is 0. The van der Waals surface area contributed by atoms with E-state index in [0.717, 1.165) is 12.0 Å². The molecule has 0 aliphatic heterocycles. The first kappa shape index (κ1) is 10.8. The van der Waals surface area contributed by atoms with Gasteiger partial charge in [-0.3, -0.25) is 0 Å². The van der Waals surface area contributed by atoms with E-state index in [1.807, 2.05) is 37.3 Å². The fraction of sp³-hybridized carbons (Fsp3) is 0.333. The quantitative estimate of drug-likeness (QED) is 0.850. The van der Waals surface area contributed by atoms with Crippen molar-refractivity contribution in [3.05, 3.63) is 36.2 Å². The lowest BCUT2D eigenvalue weighted by Crippen LogP contribution is -2.21. The molecule has 4 heteroatoms. The summed E-state index contributed by atoms with van der Waals surface area (Å²) in [7, 11) is 0. The summed E-state index contributed by atoms with van der Waals surface area (Å²) in [5.74, 6) is 1.16. The third-order valence-corrected chi connectivity index (χ3v) is 2.45.